The van der Waals surface area contributed by atoms with Crippen LogP contribution in [0.2, 0.25) is 0 Å². The molecule has 0 N–H and O–H groups in total. The normalized spacial score (nSPS) is 14.5. The zero-order chi connectivity index (χ0) is 5.40. The second-order valence-corrected chi connectivity index (χ2v) is 1.78. The van der Waals surface area contributed by atoms with Gasteiger partial charge >= 0.3 is 0 Å². The predicted octanol–water partition coefficient (Wildman–Crippen LogP) is 0.678. The third-order valence-electron chi connectivity index (χ3n) is 1.25. The molecule has 1 radical (unpaired) electrons. The van der Waals surface area contributed by atoms with Crippen molar-refractivity contribution in [1.29, 1.82) is 0 Å². The van der Waals surface area contributed by atoms with Gasteiger partial charge in [0, 0.05) is 5.69 Å². The van der Waals surface area contributed by atoms with Gasteiger partial charge in [0.1, 0.15) is 0 Å². The molecular formula is C6H5N2. The second kappa shape index (κ2) is 1.22. The van der Waals surface area contributed by atoms with E-state index < -0.39 is 0 Å². The van der Waals surface area contributed by atoms with E-state index in [0.29, 0.717) is 0 Å². The Hall–Kier alpha value is -1.05. The number of aromatic nitrogens is 1. The molecule has 0 amide bonds. The highest BCUT2D eigenvalue weighted by Crippen LogP contribution is 2.04. The molecule has 0 saturated heterocycles. The molecule has 0 aliphatic carbocycles. The van der Waals surface area contributed by atoms with Crippen LogP contribution in [0.25, 0.3) is 0 Å². The smallest absolute Gasteiger partial charge is 0.0943 e. The van der Waals surface area contributed by atoms with E-state index in [1.807, 2.05) is 16.7 Å². The van der Waals surface area contributed by atoms with Crippen molar-refractivity contribution >= 4 is 6.34 Å². The van der Waals surface area contributed by atoms with Gasteiger partial charge in [-0.15, -0.1) is 0 Å². The summed E-state index contributed by atoms with van der Waals surface area (Å²) in [4.78, 5) is 4.02. The monoisotopic (exact) mass is 105 g/mol. The first-order chi connectivity index (χ1) is 3.97. The zero-order valence-corrected chi connectivity index (χ0v) is 4.33. The maximum Gasteiger partial charge on any atom is 0.0943 e. The number of fused-ring (bicyclic) bond motifs is 1. The molecule has 1 aromatic rings. The lowest BCUT2D eigenvalue weighted by atomic mass is 10.4. The summed E-state index contributed by atoms with van der Waals surface area (Å²) in [5.74, 6) is 0. The molecule has 2 rings (SSSR count). The van der Waals surface area contributed by atoms with Crippen molar-refractivity contribution in [3.05, 3.63) is 24.0 Å². The molecule has 39 valence electrons. The summed E-state index contributed by atoms with van der Waals surface area (Å²) < 4.78 is 1.90. The fourth-order valence-corrected chi connectivity index (χ4v) is 0.829. The van der Waals surface area contributed by atoms with Crippen LogP contribution in [-0.4, -0.2) is 10.9 Å². The molecule has 1 aliphatic heterocycles. The van der Waals surface area contributed by atoms with Crippen LogP contribution in [0.15, 0.2) is 17.1 Å². The van der Waals surface area contributed by atoms with Crippen molar-refractivity contribution in [2.45, 2.75) is 6.54 Å². The number of nitrogens with zero attached hydrogens (tertiary/aromatic N) is 2. The number of aliphatic imine (C=N–C) groups is 1. The van der Waals surface area contributed by atoms with Gasteiger partial charge in [-0.05, 0) is 12.1 Å². The number of hydrogen-bond donors (Lipinski definition) is 0. The third kappa shape index (κ3) is 0.346. The second-order valence-electron chi connectivity index (χ2n) is 1.78. The lowest BCUT2D eigenvalue weighted by Gasteiger charge is -1.84. The molecule has 2 heterocycles. The SMILES string of the molecule is [c]1ccc2n1C=NC2. The number of rotatable bonds is 0. The molecule has 1 aliphatic rings. The topological polar surface area (TPSA) is 17.3 Å². The first-order valence-corrected chi connectivity index (χ1v) is 2.54. The van der Waals surface area contributed by atoms with Crippen molar-refractivity contribution < 1.29 is 0 Å². The van der Waals surface area contributed by atoms with Crippen LogP contribution in [0.5, 0.6) is 0 Å². The zero-order valence-electron chi connectivity index (χ0n) is 4.33. The Balaban J connectivity index is 2.67. The summed E-state index contributed by atoms with van der Waals surface area (Å²) in [6.45, 7) is 0.823. The van der Waals surface area contributed by atoms with Crippen molar-refractivity contribution in [2.24, 2.45) is 4.99 Å². The molecule has 0 bridgehead atoms. The minimum Gasteiger partial charge on any atom is -0.301 e. The first-order valence-electron chi connectivity index (χ1n) is 2.54. The summed E-state index contributed by atoms with van der Waals surface area (Å²) in [5, 5.41) is 0. The number of hydrogen-bond acceptors (Lipinski definition) is 1. The minimum atomic E-state index is 0.823. The van der Waals surface area contributed by atoms with E-state index in [1.165, 1.54) is 5.69 Å². The van der Waals surface area contributed by atoms with E-state index in [4.69, 9.17) is 0 Å². The largest absolute Gasteiger partial charge is 0.301 e. The Kier molecular flexibility index (Phi) is 0.592. The molecule has 0 saturated carbocycles. The molecule has 2 heteroatoms. The van der Waals surface area contributed by atoms with E-state index >= 15 is 0 Å². The third-order valence-corrected chi connectivity index (χ3v) is 1.25. The van der Waals surface area contributed by atoms with E-state index in [9.17, 15) is 0 Å². The van der Waals surface area contributed by atoms with Crippen LogP contribution in [-0.2, 0) is 6.54 Å². The molecule has 0 unspecified atom stereocenters. The summed E-state index contributed by atoms with van der Waals surface area (Å²) in [6, 6.07) is 3.92. The van der Waals surface area contributed by atoms with Crippen LogP contribution >= 0.6 is 0 Å². The Morgan fingerprint density at radius 1 is 1.75 bits per heavy atom. The van der Waals surface area contributed by atoms with Crippen LogP contribution < -0.4 is 0 Å². The molecule has 0 atom stereocenters. The van der Waals surface area contributed by atoms with Gasteiger partial charge in [-0.3, -0.25) is 4.99 Å². The van der Waals surface area contributed by atoms with Crippen molar-refractivity contribution in [1.82, 2.24) is 4.57 Å². The molecular weight excluding hydrogens is 100 g/mol. The molecule has 2 nitrogen and oxygen atoms in total. The van der Waals surface area contributed by atoms with Crippen molar-refractivity contribution in [2.75, 3.05) is 0 Å². The maximum atomic E-state index is 4.02. The summed E-state index contributed by atoms with van der Waals surface area (Å²) in [6.07, 6.45) is 4.77. The highest BCUT2D eigenvalue weighted by Gasteiger charge is 2.01. The highest BCUT2D eigenvalue weighted by atomic mass is 15.1. The predicted molar refractivity (Wildman–Crippen MR) is 30.9 cm³/mol. The van der Waals surface area contributed by atoms with Gasteiger partial charge in [-0.1, -0.05) is 0 Å². The Labute approximate surface area is 47.5 Å². The van der Waals surface area contributed by atoms with Crippen molar-refractivity contribution in [3.63, 3.8) is 0 Å². The van der Waals surface area contributed by atoms with E-state index in [1.54, 1.807) is 6.34 Å². The summed E-state index contributed by atoms with van der Waals surface area (Å²) in [7, 11) is 0. The fourth-order valence-electron chi connectivity index (χ4n) is 0.829. The van der Waals surface area contributed by atoms with Gasteiger partial charge < -0.3 is 4.57 Å². The first kappa shape index (κ1) is 3.89. The van der Waals surface area contributed by atoms with E-state index in [-0.39, 0.29) is 0 Å². The lowest BCUT2D eigenvalue weighted by Crippen LogP contribution is -1.88. The van der Waals surface area contributed by atoms with E-state index in [2.05, 4.69) is 11.2 Å². The molecule has 0 aromatic carbocycles. The average Bonchev–Trinajstić information content (AvgIpc) is 2.15. The van der Waals surface area contributed by atoms with Crippen molar-refractivity contribution in [3.8, 4) is 0 Å². The Morgan fingerprint density at radius 3 is 3.62 bits per heavy atom. The molecule has 8 heavy (non-hydrogen) atoms. The quantitative estimate of drug-likeness (QED) is 0.461. The van der Waals surface area contributed by atoms with Gasteiger partial charge in [0.2, 0.25) is 0 Å². The van der Waals surface area contributed by atoms with Gasteiger partial charge in [0.15, 0.2) is 0 Å². The minimum absolute atomic E-state index is 0.823. The maximum absolute atomic E-state index is 4.02. The lowest BCUT2D eigenvalue weighted by molar-refractivity contribution is 1.04. The van der Waals surface area contributed by atoms with Crippen LogP contribution in [0.1, 0.15) is 5.69 Å². The highest BCUT2D eigenvalue weighted by molar-refractivity contribution is 5.62. The average molecular weight is 105 g/mol. The van der Waals surface area contributed by atoms with Gasteiger partial charge in [0.05, 0.1) is 19.1 Å². The van der Waals surface area contributed by atoms with Gasteiger partial charge in [0.25, 0.3) is 0 Å². The summed E-state index contributed by atoms with van der Waals surface area (Å²) >= 11 is 0. The molecule has 0 fully saturated rings. The Bertz CT molecular complexity index is 222. The van der Waals surface area contributed by atoms with Crippen LogP contribution in [0.3, 0.4) is 0 Å². The Morgan fingerprint density at radius 2 is 2.75 bits per heavy atom. The molecule has 1 aromatic heterocycles. The van der Waals surface area contributed by atoms with E-state index in [0.717, 1.165) is 6.54 Å². The van der Waals surface area contributed by atoms with Gasteiger partial charge in [-0.25, -0.2) is 0 Å². The fraction of sp³-hybridized carbons (Fsp3) is 0.167. The standard InChI is InChI=1S/C6H5N2/c1-2-6-4-7-5-8(6)3-1/h1-2,5H,4H2. The molecule has 0 spiro atoms. The van der Waals surface area contributed by atoms with Crippen LogP contribution in [0, 0.1) is 6.20 Å². The van der Waals surface area contributed by atoms with Gasteiger partial charge in [-0.2, -0.15) is 0 Å². The van der Waals surface area contributed by atoms with Crippen LogP contribution in [0.4, 0.5) is 0 Å². The summed E-state index contributed by atoms with van der Waals surface area (Å²) in [5.41, 5.74) is 1.23.